The molecule has 0 bridgehead atoms. The Morgan fingerprint density at radius 1 is 1.28 bits per heavy atom. The third-order valence-electron chi connectivity index (χ3n) is 5.27. The molecule has 1 fully saturated rings. The van der Waals surface area contributed by atoms with Crippen molar-refractivity contribution in [3.63, 3.8) is 0 Å². The van der Waals surface area contributed by atoms with Crippen LogP contribution in [0.1, 0.15) is 34.1 Å². The largest absolute Gasteiger partial charge is 0.372 e. The van der Waals surface area contributed by atoms with Gasteiger partial charge in [0.2, 0.25) is 0 Å². The normalized spacial score (nSPS) is 16.8. The summed E-state index contributed by atoms with van der Waals surface area (Å²) in [5.41, 5.74) is 1.77. The molecular weight excluding hydrogens is 388 g/mol. The first-order valence-electron chi connectivity index (χ1n) is 9.54. The molecule has 2 aromatic carbocycles. The van der Waals surface area contributed by atoms with Crippen LogP contribution in [0, 0.1) is 10.1 Å². The van der Waals surface area contributed by atoms with Gasteiger partial charge < -0.3 is 9.80 Å². The standard InChI is InChI=1S/C21H22N4O3S/c1-23(2)17-10-9-14(12-18(17)25(27)28)21(26)24-11-5-6-15(13-24)20-22-16-7-3-4-8-19(16)29-20/h3-4,7-10,12,15H,5-6,11,13H2,1-2H3/t15-/m0/s1. The van der Waals surface area contributed by atoms with Crippen molar-refractivity contribution >= 4 is 38.8 Å². The second-order valence-electron chi connectivity index (χ2n) is 7.47. The number of fused-ring (bicyclic) bond motifs is 1. The van der Waals surface area contributed by atoms with Crippen molar-refractivity contribution in [1.29, 1.82) is 0 Å². The highest BCUT2D eigenvalue weighted by Crippen LogP contribution is 2.34. The number of hydrogen-bond acceptors (Lipinski definition) is 6. The fraction of sp³-hybridized carbons (Fsp3) is 0.333. The van der Waals surface area contributed by atoms with Gasteiger partial charge in [-0.1, -0.05) is 12.1 Å². The van der Waals surface area contributed by atoms with Crippen molar-refractivity contribution in [3.8, 4) is 0 Å². The lowest BCUT2D eigenvalue weighted by molar-refractivity contribution is -0.384. The van der Waals surface area contributed by atoms with E-state index in [4.69, 9.17) is 4.98 Å². The average Bonchev–Trinajstić information content (AvgIpc) is 3.17. The number of carbonyl (C=O) groups excluding carboxylic acids is 1. The molecule has 7 nitrogen and oxygen atoms in total. The molecule has 0 radical (unpaired) electrons. The summed E-state index contributed by atoms with van der Waals surface area (Å²) >= 11 is 1.68. The van der Waals surface area contributed by atoms with E-state index in [9.17, 15) is 14.9 Å². The topological polar surface area (TPSA) is 79.6 Å². The predicted octanol–water partition coefficient (Wildman–Crippen LogP) is 4.29. The summed E-state index contributed by atoms with van der Waals surface area (Å²) in [6.45, 7) is 1.24. The first-order valence-corrected chi connectivity index (χ1v) is 10.4. The van der Waals surface area contributed by atoms with Crippen LogP contribution in [0.25, 0.3) is 10.2 Å². The molecule has 0 aliphatic carbocycles. The van der Waals surface area contributed by atoms with Gasteiger partial charge in [-0.3, -0.25) is 14.9 Å². The van der Waals surface area contributed by atoms with Crippen molar-refractivity contribution in [2.24, 2.45) is 0 Å². The number of hydrogen-bond donors (Lipinski definition) is 0. The Labute approximate surface area is 172 Å². The highest BCUT2D eigenvalue weighted by molar-refractivity contribution is 7.18. The maximum Gasteiger partial charge on any atom is 0.293 e. The molecule has 8 heteroatoms. The van der Waals surface area contributed by atoms with Crippen molar-refractivity contribution in [2.75, 3.05) is 32.1 Å². The van der Waals surface area contributed by atoms with E-state index in [2.05, 4.69) is 6.07 Å². The second kappa shape index (κ2) is 7.79. The minimum atomic E-state index is -0.438. The molecule has 2 heterocycles. The number of rotatable bonds is 4. The Morgan fingerprint density at radius 2 is 2.07 bits per heavy atom. The monoisotopic (exact) mass is 410 g/mol. The number of thiazole rings is 1. The van der Waals surface area contributed by atoms with Crippen molar-refractivity contribution in [3.05, 3.63) is 63.1 Å². The van der Waals surface area contributed by atoms with Gasteiger partial charge in [-0.15, -0.1) is 11.3 Å². The van der Waals surface area contributed by atoms with Crippen LogP contribution in [0.15, 0.2) is 42.5 Å². The van der Waals surface area contributed by atoms with Crippen molar-refractivity contribution in [2.45, 2.75) is 18.8 Å². The van der Waals surface area contributed by atoms with Crippen molar-refractivity contribution < 1.29 is 9.72 Å². The summed E-state index contributed by atoms with van der Waals surface area (Å²) in [5.74, 6) is 0.0327. The number of benzene rings is 2. The molecule has 4 rings (SSSR count). The number of aromatic nitrogens is 1. The first kappa shape index (κ1) is 19.3. The lowest BCUT2D eigenvalue weighted by atomic mass is 9.98. The van der Waals surface area contributed by atoms with Gasteiger partial charge in [-0.05, 0) is 37.1 Å². The molecule has 0 spiro atoms. The summed E-state index contributed by atoms with van der Waals surface area (Å²) in [4.78, 5) is 32.3. The minimum absolute atomic E-state index is 0.0550. The predicted molar refractivity (Wildman–Crippen MR) is 115 cm³/mol. The number of carbonyl (C=O) groups is 1. The Morgan fingerprint density at radius 3 is 2.79 bits per heavy atom. The number of nitro groups is 1. The molecule has 150 valence electrons. The Balaban J connectivity index is 1.57. The van der Waals surface area contributed by atoms with Crippen LogP contribution in [0.5, 0.6) is 0 Å². The molecule has 29 heavy (non-hydrogen) atoms. The van der Waals surface area contributed by atoms with E-state index in [0.29, 0.717) is 24.3 Å². The molecule has 0 saturated carbocycles. The van der Waals surface area contributed by atoms with E-state index < -0.39 is 4.92 Å². The van der Waals surface area contributed by atoms with Crippen molar-refractivity contribution in [1.82, 2.24) is 9.88 Å². The molecule has 0 unspecified atom stereocenters. The van der Waals surface area contributed by atoms with E-state index in [1.807, 2.05) is 18.2 Å². The number of piperidine rings is 1. The van der Waals surface area contributed by atoms with Crippen LogP contribution in [0.3, 0.4) is 0 Å². The van der Waals surface area contributed by atoms with Crippen LogP contribution in [-0.2, 0) is 0 Å². The minimum Gasteiger partial charge on any atom is -0.372 e. The zero-order chi connectivity index (χ0) is 20.5. The maximum absolute atomic E-state index is 13.1. The van der Waals surface area contributed by atoms with Crippen LogP contribution >= 0.6 is 11.3 Å². The smallest absolute Gasteiger partial charge is 0.293 e. The van der Waals surface area contributed by atoms with Crippen LogP contribution < -0.4 is 4.90 Å². The molecule has 3 aromatic rings. The van der Waals surface area contributed by atoms with E-state index >= 15 is 0 Å². The SMILES string of the molecule is CN(C)c1ccc(C(=O)N2CCC[C@H](c3nc4ccccc4s3)C2)cc1[N+](=O)[O-]. The van der Waals surface area contributed by atoms with Gasteiger partial charge >= 0.3 is 0 Å². The number of likely N-dealkylation sites (tertiary alicyclic amines) is 1. The molecule has 1 aliphatic heterocycles. The Bertz CT molecular complexity index is 1050. The van der Waals surface area contributed by atoms with Crippen LogP contribution in [0.4, 0.5) is 11.4 Å². The number of nitro benzene ring substituents is 1. The van der Waals surface area contributed by atoms with E-state index in [-0.39, 0.29) is 17.5 Å². The van der Waals surface area contributed by atoms with E-state index in [1.54, 1.807) is 47.4 Å². The number of nitrogens with zero attached hydrogens (tertiary/aromatic N) is 4. The van der Waals surface area contributed by atoms with Gasteiger partial charge in [0.1, 0.15) is 5.69 Å². The highest BCUT2D eigenvalue weighted by Gasteiger charge is 2.29. The quantitative estimate of drug-likeness (QED) is 0.473. The van der Waals surface area contributed by atoms with Gasteiger partial charge in [-0.2, -0.15) is 0 Å². The average molecular weight is 410 g/mol. The Hall–Kier alpha value is -3.00. The maximum atomic E-state index is 13.1. The zero-order valence-corrected chi connectivity index (χ0v) is 17.2. The molecule has 0 N–H and O–H groups in total. The zero-order valence-electron chi connectivity index (χ0n) is 16.4. The molecule has 1 aromatic heterocycles. The van der Waals surface area contributed by atoms with Gasteiger partial charge in [-0.25, -0.2) is 4.98 Å². The second-order valence-corrected chi connectivity index (χ2v) is 8.53. The van der Waals surface area contributed by atoms with E-state index in [1.165, 1.54) is 6.07 Å². The number of para-hydroxylation sites is 1. The summed E-state index contributed by atoms with van der Waals surface area (Å²) < 4.78 is 1.15. The van der Waals surface area contributed by atoms with Gasteiger partial charge in [0.25, 0.3) is 11.6 Å². The van der Waals surface area contributed by atoms with E-state index in [0.717, 1.165) is 28.1 Å². The first-order chi connectivity index (χ1) is 13.9. The van der Waals surface area contributed by atoms with Gasteiger partial charge in [0, 0.05) is 44.7 Å². The number of amides is 1. The fourth-order valence-corrected chi connectivity index (χ4v) is 4.88. The summed E-state index contributed by atoms with van der Waals surface area (Å²) in [7, 11) is 3.49. The molecule has 1 saturated heterocycles. The van der Waals surface area contributed by atoms with Gasteiger partial charge in [0.05, 0.1) is 20.1 Å². The summed E-state index contributed by atoms with van der Waals surface area (Å²) in [6, 6.07) is 12.8. The summed E-state index contributed by atoms with van der Waals surface area (Å²) in [6.07, 6.45) is 1.88. The Kier molecular flexibility index (Phi) is 5.19. The van der Waals surface area contributed by atoms with Gasteiger partial charge in [0.15, 0.2) is 0 Å². The highest BCUT2D eigenvalue weighted by atomic mass is 32.1. The third-order valence-corrected chi connectivity index (χ3v) is 6.47. The number of anilines is 1. The molecule has 1 aliphatic rings. The third kappa shape index (κ3) is 3.80. The lowest BCUT2D eigenvalue weighted by Crippen LogP contribution is -2.39. The van der Waals surface area contributed by atoms with Crippen LogP contribution in [-0.4, -0.2) is 47.9 Å². The van der Waals surface area contributed by atoms with Crippen LogP contribution in [0.2, 0.25) is 0 Å². The molecular formula is C21H22N4O3S. The molecule has 1 amide bonds. The summed E-state index contributed by atoms with van der Waals surface area (Å²) in [5, 5.41) is 12.5. The molecule has 1 atom stereocenters. The fourth-order valence-electron chi connectivity index (χ4n) is 3.79. The lowest BCUT2D eigenvalue weighted by Gasteiger charge is -2.32.